The lowest BCUT2D eigenvalue weighted by molar-refractivity contribution is -0.142. The van der Waals surface area contributed by atoms with Crippen molar-refractivity contribution in [2.24, 2.45) is 5.10 Å². The molecule has 0 fully saturated rings. The van der Waals surface area contributed by atoms with E-state index in [9.17, 15) is 9.59 Å². The molecular formula is C16H15N3O4. The molecule has 7 nitrogen and oxygen atoms in total. The van der Waals surface area contributed by atoms with Crippen molar-refractivity contribution in [3.05, 3.63) is 59.9 Å². The van der Waals surface area contributed by atoms with E-state index in [2.05, 4.69) is 20.2 Å². The van der Waals surface area contributed by atoms with Gasteiger partial charge in [0, 0.05) is 12.4 Å². The number of ether oxygens (including phenoxy) is 2. The minimum Gasteiger partial charge on any atom is -0.482 e. The summed E-state index contributed by atoms with van der Waals surface area (Å²) in [7, 11) is 1.29. The van der Waals surface area contributed by atoms with E-state index in [4.69, 9.17) is 4.74 Å². The van der Waals surface area contributed by atoms with Gasteiger partial charge in [-0.3, -0.25) is 9.78 Å². The molecule has 0 saturated carbocycles. The Morgan fingerprint density at radius 3 is 2.91 bits per heavy atom. The number of hydrazone groups is 1. The summed E-state index contributed by atoms with van der Waals surface area (Å²) in [5, 5.41) is 3.87. The number of nitrogens with zero attached hydrogens (tertiary/aromatic N) is 2. The Balaban J connectivity index is 1.92. The number of hydrogen-bond donors (Lipinski definition) is 1. The Morgan fingerprint density at radius 1 is 1.30 bits per heavy atom. The van der Waals surface area contributed by atoms with Crippen LogP contribution in [0.1, 0.15) is 15.9 Å². The first-order valence-electron chi connectivity index (χ1n) is 6.72. The number of esters is 1. The Morgan fingerprint density at radius 2 is 2.17 bits per heavy atom. The molecule has 1 amide bonds. The van der Waals surface area contributed by atoms with Gasteiger partial charge in [-0.05, 0) is 29.8 Å². The van der Waals surface area contributed by atoms with Gasteiger partial charge in [0.05, 0.1) is 18.9 Å². The molecule has 0 aliphatic carbocycles. The van der Waals surface area contributed by atoms with Crippen molar-refractivity contribution < 1.29 is 19.1 Å². The molecule has 1 N–H and O–H groups in total. The number of hydrogen-bond acceptors (Lipinski definition) is 6. The zero-order valence-corrected chi connectivity index (χ0v) is 12.4. The summed E-state index contributed by atoms with van der Waals surface area (Å²) in [5.74, 6) is -0.321. The first kappa shape index (κ1) is 16.2. The van der Waals surface area contributed by atoms with Crippen molar-refractivity contribution in [3.8, 4) is 5.75 Å². The minimum absolute atomic E-state index is 0.172. The summed E-state index contributed by atoms with van der Waals surface area (Å²) in [5.41, 5.74) is 3.53. The zero-order valence-electron chi connectivity index (χ0n) is 12.4. The van der Waals surface area contributed by atoms with Crippen LogP contribution in [0.25, 0.3) is 0 Å². The average molecular weight is 313 g/mol. The van der Waals surface area contributed by atoms with Crippen LogP contribution in [0.5, 0.6) is 5.75 Å². The average Bonchev–Trinajstić information content (AvgIpc) is 2.60. The van der Waals surface area contributed by atoms with Gasteiger partial charge in [0.2, 0.25) is 0 Å². The number of pyridine rings is 1. The predicted octanol–water partition coefficient (Wildman–Crippen LogP) is 1.40. The molecule has 0 aliphatic heterocycles. The van der Waals surface area contributed by atoms with Gasteiger partial charge < -0.3 is 9.47 Å². The van der Waals surface area contributed by atoms with Gasteiger partial charge in [-0.15, -0.1) is 0 Å². The van der Waals surface area contributed by atoms with E-state index in [1.807, 2.05) is 0 Å². The molecule has 0 radical (unpaired) electrons. The highest BCUT2D eigenvalue weighted by Gasteiger charge is 2.03. The molecule has 0 atom stereocenters. The van der Waals surface area contributed by atoms with Crippen LogP contribution in [0.4, 0.5) is 0 Å². The molecular weight excluding hydrogens is 298 g/mol. The van der Waals surface area contributed by atoms with E-state index in [0.29, 0.717) is 16.9 Å². The summed E-state index contributed by atoms with van der Waals surface area (Å²) in [6.45, 7) is -0.172. The number of nitrogens with one attached hydrogen (secondary N) is 1. The molecule has 1 heterocycles. The van der Waals surface area contributed by atoms with Gasteiger partial charge in [-0.2, -0.15) is 5.10 Å². The van der Waals surface area contributed by atoms with Gasteiger partial charge in [0.15, 0.2) is 6.61 Å². The summed E-state index contributed by atoms with van der Waals surface area (Å²) in [4.78, 5) is 26.7. The zero-order chi connectivity index (χ0) is 16.5. The van der Waals surface area contributed by atoms with Crippen LogP contribution in [-0.2, 0) is 9.53 Å². The molecule has 7 heteroatoms. The number of carbonyl (C=O) groups excluding carboxylic acids is 2. The van der Waals surface area contributed by atoms with Gasteiger partial charge in [-0.1, -0.05) is 12.1 Å². The standard InChI is InChI=1S/C16H15N3O4/c1-22-15(20)11-23-14-6-2-4-12(8-14)9-18-19-16(21)13-5-3-7-17-10-13/h2-10H,11H2,1H3,(H,19,21)/b18-9-. The number of aromatic nitrogens is 1. The fraction of sp³-hybridized carbons (Fsp3) is 0.125. The lowest BCUT2D eigenvalue weighted by atomic mass is 10.2. The lowest BCUT2D eigenvalue weighted by Crippen LogP contribution is -2.17. The fourth-order valence-corrected chi connectivity index (χ4v) is 1.61. The van der Waals surface area contributed by atoms with Crippen molar-refractivity contribution in [3.63, 3.8) is 0 Å². The number of rotatable bonds is 6. The van der Waals surface area contributed by atoms with E-state index >= 15 is 0 Å². The van der Waals surface area contributed by atoms with Crippen molar-refractivity contribution in [2.75, 3.05) is 13.7 Å². The molecule has 0 bridgehead atoms. The van der Waals surface area contributed by atoms with Gasteiger partial charge >= 0.3 is 5.97 Å². The van der Waals surface area contributed by atoms with Crippen LogP contribution < -0.4 is 10.2 Å². The summed E-state index contributed by atoms with van der Waals surface area (Å²) < 4.78 is 9.76. The van der Waals surface area contributed by atoms with Crippen LogP contribution in [0.2, 0.25) is 0 Å². The maximum atomic E-state index is 11.8. The molecule has 0 saturated heterocycles. The number of benzene rings is 1. The second-order valence-electron chi connectivity index (χ2n) is 4.38. The molecule has 0 unspecified atom stereocenters. The smallest absolute Gasteiger partial charge is 0.343 e. The minimum atomic E-state index is -0.465. The summed E-state index contributed by atoms with van der Waals surface area (Å²) >= 11 is 0. The van der Waals surface area contributed by atoms with Crippen molar-refractivity contribution in [1.29, 1.82) is 0 Å². The van der Waals surface area contributed by atoms with Crippen LogP contribution in [0, 0.1) is 0 Å². The Labute approximate surface area is 132 Å². The first-order chi connectivity index (χ1) is 11.2. The maximum Gasteiger partial charge on any atom is 0.343 e. The quantitative estimate of drug-likeness (QED) is 0.494. The van der Waals surface area contributed by atoms with Crippen molar-refractivity contribution in [2.45, 2.75) is 0 Å². The largest absolute Gasteiger partial charge is 0.482 e. The Bertz CT molecular complexity index is 701. The topological polar surface area (TPSA) is 89.9 Å². The van der Waals surface area contributed by atoms with Gasteiger partial charge in [0.1, 0.15) is 5.75 Å². The van der Waals surface area contributed by atoms with E-state index in [1.165, 1.54) is 19.5 Å². The number of carbonyl (C=O) groups is 2. The van der Waals surface area contributed by atoms with Gasteiger partial charge in [-0.25, -0.2) is 10.2 Å². The SMILES string of the molecule is COC(=O)COc1cccc(/C=N\NC(=O)c2cccnc2)c1. The van der Waals surface area contributed by atoms with E-state index < -0.39 is 5.97 Å². The maximum absolute atomic E-state index is 11.8. The summed E-state index contributed by atoms with van der Waals surface area (Å²) in [6, 6.07) is 10.2. The first-order valence-corrected chi connectivity index (χ1v) is 6.72. The second-order valence-corrected chi connectivity index (χ2v) is 4.38. The third-order valence-corrected chi connectivity index (χ3v) is 2.75. The fourth-order valence-electron chi connectivity index (χ4n) is 1.61. The van der Waals surface area contributed by atoms with Crippen LogP contribution >= 0.6 is 0 Å². The van der Waals surface area contributed by atoms with Crippen LogP contribution in [-0.4, -0.2) is 36.8 Å². The predicted molar refractivity (Wildman–Crippen MR) is 83.3 cm³/mol. The lowest BCUT2D eigenvalue weighted by Gasteiger charge is -2.05. The Hall–Kier alpha value is -3.22. The monoisotopic (exact) mass is 313 g/mol. The van der Waals surface area contributed by atoms with Crippen molar-refractivity contribution >= 4 is 18.1 Å². The highest BCUT2D eigenvalue weighted by molar-refractivity contribution is 5.94. The molecule has 0 aliphatic rings. The van der Waals surface area contributed by atoms with E-state index in [0.717, 1.165) is 0 Å². The molecule has 2 rings (SSSR count). The highest BCUT2D eigenvalue weighted by atomic mass is 16.6. The number of amides is 1. The third kappa shape index (κ3) is 5.24. The van der Waals surface area contributed by atoms with Crippen molar-refractivity contribution in [1.82, 2.24) is 10.4 Å². The normalized spacial score (nSPS) is 10.3. The molecule has 1 aromatic heterocycles. The Kier molecular flexibility index (Phi) is 5.81. The number of methoxy groups -OCH3 is 1. The summed E-state index contributed by atoms with van der Waals surface area (Å²) in [6.07, 6.45) is 4.51. The van der Waals surface area contributed by atoms with E-state index in [-0.39, 0.29) is 12.5 Å². The third-order valence-electron chi connectivity index (χ3n) is 2.75. The van der Waals surface area contributed by atoms with Gasteiger partial charge in [0.25, 0.3) is 5.91 Å². The molecule has 2 aromatic rings. The van der Waals surface area contributed by atoms with E-state index in [1.54, 1.807) is 42.6 Å². The molecule has 0 spiro atoms. The molecule has 1 aromatic carbocycles. The van der Waals surface area contributed by atoms with Crippen LogP contribution in [0.3, 0.4) is 0 Å². The molecule has 118 valence electrons. The molecule has 23 heavy (non-hydrogen) atoms. The van der Waals surface area contributed by atoms with Crippen LogP contribution in [0.15, 0.2) is 53.9 Å². The highest BCUT2D eigenvalue weighted by Crippen LogP contribution is 2.11. The second kappa shape index (κ2) is 8.28.